The lowest BCUT2D eigenvalue weighted by Crippen LogP contribution is -2.45. The molecule has 1 aliphatic heterocycles. The number of hydrogen-bond acceptors (Lipinski definition) is 8. The Balaban J connectivity index is 1.53. The van der Waals surface area contributed by atoms with E-state index in [1.807, 2.05) is 0 Å². The number of esters is 2. The number of nitrogens with two attached hydrogens (primary N) is 1. The van der Waals surface area contributed by atoms with Crippen LogP contribution in [0.3, 0.4) is 0 Å². The Morgan fingerprint density at radius 1 is 0.972 bits per heavy atom. The van der Waals surface area contributed by atoms with Gasteiger partial charge in [-0.05, 0) is 30.5 Å². The van der Waals surface area contributed by atoms with E-state index in [0.29, 0.717) is 50.0 Å². The first-order valence-electron chi connectivity index (χ1n) is 12.2. The van der Waals surface area contributed by atoms with Gasteiger partial charge < -0.3 is 30.0 Å². The van der Waals surface area contributed by atoms with Gasteiger partial charge in [0, 0.05) is 39.3 Å². The fourth-order valence-corrected chi connectivity index (χ4v) is 4.05. The molecule has 3 rings (SSSR count). The van der Waals surface area contributed by atoms with E-state index in [1.165, 1.54) is 11.8 Å². The lowest BCUT2D eigenvalue weighted by molar-refractivity contribution is -0.170. The fourth-order valence-electron chi connectivity index (χ4n) is 4.05. The van der Waals surface area contributed by atoms with Crippen molar-refractivity contribution in [1.82, 2.24) is 4.90 Å². The molecule has 0 spiro atoms. The lowest BCUT2D eigenvalue weighted by atomic mass is 9.86. The molecule has 1 fully saturated rings. The number of benzene rings is 2. The molecule has 36 heavy (non-hydrogen) atoms. The molecule has 0 bridgehead atoms. The van der Waals surface area contributed by atoms with Crippen molar-refractivity contribution in [1.29, 1.82) is 0 Å². The average Bonchev–Trinajstić information content (AvgIpc) is 2.89. The third kappa shape index (κ3) is 7.05. The maximum absolute atomic E-state index is 13.3. The smallest absolute Gasteiger partial charge is 0.412 e. The van der Waals surface area contributed by atoms with Gasteiger partial charge in [0.2, 0.25) is 11.9 Å². The number of carbonyl (C=O) groups excluding carboxylic acids is 3. The minimum absolute atomic E-state index is 0.216. The first kappa shape index (κ1) is 27.2. The Labute approximate surface area is 211 Å². The van der Waals surface area contributed by atoms with E-state index in [2.05, 4.69) is 0 Å². The van der Waals surface area contributed by atoms with E-state index in [9.17, 15) is 19.5 Å². The average molecular weight is 499 g/mol. The van der Waals surface area contributed by atoms with Gasteiger partial charge in [0.1, 0.15) is 6.10 Å². The summed E-state index contributed by atoms with van der Waals surface area (Å²) in [6, 6.07) is 17.3. The van der Waals surface area contributed by atoms with Gasteiger partial charge in [-0.25, -0.2) is 9.59 Å². The van der Waals surface area contributed by atoms with Crippen LogP contribution in [0.15, 0.2) is 60.7 Å². The maximum atomic E-state index is 13.3. The van der Waals surface area contributed by atoms with Crippen molar-refractivity contribution in [3.8, 4) is 0 Å². The number of nitrogens with zero attached hydrogens (tertiary/aromatic N) is 1. The first-order valence-corrected chi connectivity index (χ1v) is 12.2. The molecule has 3 N–H and O–H groups in total. The lowest BCUT2D eigenvalue weighted by Gasteiger charge is -2.34. The molecule has 0 saturated carbocycles. The monoisotopic (exact) mass is 498 g/mol. The summed E-state index contributed by atoms with van der Waals surface area (Å²) < 4.78 is 16.1. The van der Waals surface area contributed by atoms with Crippen LogP contribution in [-0.2, 0) is 29.4 Å². The molecule has 1 amide bonds. The number of carbonyl (C=O) groups is 3. The zero-order valence-electron chi connectivity index (χ0n) is 20.5. The Hall–Kier alpha value is -3.43. The van der Waals surface area contributed by atoms with Crippen molar-refractivity contribution >= 4 is 18.0 Å². The Morgan fingerprint density at radius 2 is 1.53 bits per heavy atom. The fraction of sp³-hybridized carbons (Fsp3) is 0.444. The molecular weight excluding hydrogens is 464 g/mol. The molecule has 2 aromatic rings. The zero-order chi connectivity index (χ0) is 26.0. The van der Waals surface area contributed by atoms with Gasteiger partial charge in [0.15, 0.2) is 0 Å². The van der Waals surface area contributed by atoms with E-state index in [0.717, 1.165) is 6.42 Å². The van der Waals surface area contributed by atoms with E-state index >= 15 is 0 Å². The minimum Gasteiger partial charge on any atom is -0.460 e. The molecule has 194 valence electrons. The summed E-state index contributed by atoms with van der Waals surface area (Å²) >= 11 is 0. The minimum atomic E-state index is -1.96. The molecule has 9 nitrogen and oxygen atoms in total. The second kappa shape index (κ2) is 13.0. The third-order valence-electron chi connectivity index (χ3n) is 6.05. The number of amides is 1. The molecular formula is C27H34N2O7. The number of piperidine rings is 1. The summed E-state index contributed by atoms with van der Waals surface area (Å²) in [4.78, 5) is 39.0. The van der Waals surface area contributed by atoms with Crippen LogP contribution in [0.1, 0.15) is 50.2 Å². The van der Waals surface area contributed by atoms with Gasteiger partial charge >= 0.3 is 18.0 Å². The summed E-state index contributed by atoms with van der Waals surface area (Å²) in [5.41, 5.74) is 4.27. The normalized spacial score (nSPS) is 15.1. The van der Waals surface area contributed by atoms with Crippen LogP contribution in [-0.4, -0.2) is 60.1 Å². The molecule has 1 atom stereocenters. The van der Waals surface area contributed by atoms with E-state index in [1.54, 1.807) is 60.7 Å². The molecule has 0 radical (unpaired) electrons. The predicted octanol–water partition coefficient (Wildman–Crippen LogP) is 3.08. The molecule has 2 aromatic carbocycles. The molecule has 0 aliphatic carbocycles. The molecule has 1 aliphatic rings. The van der Waals surface area contributed by atoms with Crippen molar-refractivity contribution in [2.45, 2.75) is 57.0 Å². The van der Waals surface area contributed by atoms with Crippen LogP contribution in [0.5, 0.6) is 0 Å². The van der Waals surface area contributed by atoms with Crippen LogP contribution >= 0.6 is 0 Å². The first-order chi connectivity index (χ1) is 17.3. The Morgan fingerprint density at radius 3 is 2.06 bits per heavy atom. The standard InChI is InChI=1S/C27H34N2O7/c1-20(34-24(30)14-8-9-17-28)35-26(32)29-18-15-23(16-19-29)36-25(31)27(33,21-10-4-2-5-11-21)22-12-6-3-7-13-22/h2-7,10-13,20,23,33H,8-9,14-19,28H2,1H3. The highest BCUT2D eigenvalue weighted by molar-refractivity contribution is 5.85. The number of unbranched alkanes of at least 4 members (excludes halogenated alkanes) is 1. The number of ether oxygens (including phenoxy) is 3. The highest BCUT2D eigenvalue weighted by Crippen LogP contribution is 2.32. The van der Waals surface area contributed by atoms with Gasteiger partial charge in [0.25, 0.3) is 0 Å². The summed E-state index contributed by atoms with van der Waals surface area (Å²) in [6.45, 7) is 2.58. The van der Waals surface area contributed by atoms with Gasteiger partial charge in [0.05, 0.1) is 0 Å². The maximum Gasteiger partial charge on any atom is 0.412 e. The number of hydrogen-bond donors (Lipinski definition) is 2. The highest BCUT2D eigenvalue weighted by atomic mass is 16.7. The SMILES string of the molecule is CC(OC(=O)CCCCN)OC(=O)N1CCC(OC(=O)C(O)(c2ccccc2)c2ccccc2)CC1. The number of rotatable bonds is 10. The highest BCUT2D eigenvalue weighted by Gasteiger charge is 2.43. The summed E-state index contributed by atoms with van der Waals surface area (Å²) in [7, 11) is 0. The van der Waals surface area contributed by atoms with Gasteiger partial charge in [-0.1, -0.05) is 60.7 Å². The predicted molar refractivity (Wildman–Crippen MR) is 132 cm³/mol. The largest absolute Gasteiger partial charge is 0.460 e. The second-order valence-electron chi connectivity index (χ2n) is 8.72. The molecule has 0 aromatic heterocycles. The molecule has 1 heterocycles. The van der Waals surface area contributed by atoms with Gasteiger partial charge in [-0.15, -0.1) is 0 Å². The van der Waals surface area contributed by atoms with Crippen LogP contribution in [0.4, 0.5) is 4.79 Å². The third-order valence-corrected chi connectivity index (χ3v) is 6.05. The van der Waals surface area contributed by atoms with Gasteiger partial charge in [-0.3, -0.25) is 4.79 Å². The second-order valence-corrected chi connectivity index (χ2v) is 8.72. The zero-order valence-corrected chi connectivity index (χ0v) is 20.5. The van der Waals surface area contributed by atoms with Crippen LogP contribution in [0.2, 0.25) is 0 Å². The Kier molecular flexibility index (Phi) is 9.84. The Bertz CT molecular complexity index is 952. The topological polar surface area (TPSA) is 128 Å². The van der Waals surface area contributed by atoms with Crippen molar-refractivity contribution < 1.29 is 33.7 Å². The number of likely N-dealkylation sites (tertiary alicyclic amines) is 1. The van der Waals surface area contributed by atoms with Crippen LogP contribution in [0.25, 0.3) is 0 Å². The summed E-state index contributed by atoms with van der Waals surface area (Å²) in [6.07, 6.45) is 0.231. The molecule has 1 saturated heterocycles. The van der Waals surface area contributed by atoms with E-state index in [4.69, 9.17) is 19.9 Å². The summed E-state index contributed by atoms with van der Waals surface area (Å²) in [5.74, 6) is -1.21. The van der Waals surface area contributed by atoms with E-state index < -0.39 is 36.0 Å². The van der Waals surface area contributed by atoms with Crippen molar-refractivity contribution in [2.24, 2.45) is 5.73 Å². The molecule has 9 heteroatoms. The quantitative estimate of drug-likeness (QED) is 0.291. The van der Waals surface area contributed by atoms with Crippen LogP contribution in [0, 0.1) is 0 Å². The summed E-state index contributed by atoms with van der Waals surface area (Å²) in [5, 5.41) is 11.5. The number of aliphatic hydroxyl groups is 1. The molecule has 1 unspecified atom stereocenters. The van der Waals surface area contributed by atoms with Crippen molar-refractivity contribution in [3.05, 3.63) is 71.8 Å². The van der Waals surface area contributed by atoms with E-state index in [-0.39, 0.29) is 6.42 Å². The van der Waals surface area contributed by atoms with Crippen molar-refractivity contribution in [2.75, 3.05) is 19.6 Å². The van der Waals surface area contributed by atoms with Gasteiger partial charge in [-0.2, -0.15) is 0 Å². The van der Waals surface area contributed by atoms with Crippen molar-refractivity contribution in [3.63, 3.8) is 0 Å². The van der Waals surface area contributed by atoms with Crippen LogP contribution < -0.4 is 5.73 Å².